The van der Waals surface area contributed by atoms with Crippen LogP contribution in [-0.2, 0) is 6.54 Å². The topological polar surface area (TPSA) is 49.3 Å². The molecule has 1 aliphatic carbocycles. The molecule has 130 valence electrons. The Morgan fingerprint density at radius 2 is 2.04 bits per heavy atom. The summed E-state index contributed by atoms with van der Waals surface area (Å²) in [6.45, 7) is 8.38. The molecule has 0 saturated heterocycles. The minimum Gasteiger partial charge on any atom is -0.356 e. The average molecular weight is 430 g/mol. The fourth-order valence-electron chi connectivity index (χ4n) is 3.36. The summed E-state index contributed by atoms with van der Waals surface area (Å²) in [6.07, 6.45) is 5.35. The Hall–Kier alpha value is -0.850. The summed E-state index contributed by atoms with van der Waals surface area (Å²) in [5, 5.41) is 6.88. The molecule has 1 heterocycles. The van der Waals surface area contributed by atoms with Crippen LogP contribution in [-0.4, -0.2) is 24.5 Å². The van der Waals surface area contributed by atoms with Gasteiger partial charge in [0.05, 0.1) is 12.2 Å². The van der Waals surface area contributed by atoms with Gasteiger partial charge in [0.25, 0.3) is 0 Å². The maximum absolute atomic E-state index is 4.51. The molecule has 0 bridgehead atoms. The van der Waals surface area contributed by atoms with Crippen LogP contribution in [0, 0.1) is 18.3 Å². The zero-order valence-electron chi connectivity index (χ0n) is 14.9. The fraction of sp³-hybridized carbons (Fsp3) is 0.667. The number of guanidine groups is 1. The molecule has 1 aliphatic rings. The van der Waals surface area contributed by atoms with E-state index in [1.54, 1.807) is 0 Å². The lowest BCUT2D eigenvalue weighted by Gasteiger charge is -2.43. The molecule has 0 aromatic carbocycles. The molecule has 2 N–H and O–H groups in total. The number of hydrogen-bond acceptors (Lipinski definition) is 2. The smallest absolute Gasteiger partial charge is 0.191 e. The van der Waals surface area contributed by atoms with E-state index >= 15 is 0 Å². The number of pyridine rings is 1. The van der Waals surface area contributed by atoms with E-state index in [1.807, 2.05) is 32.2 Å². The maximum atomic E-state index is 4.51. The minimum atomic E-state index is 0. The summed E-state index contributed by atoms with van der Waals surface area (Å²) in [6, 6.07) is 6.10. The molecule has 0 aliphatic heterocycles. The van der Waals surface area contributed by atoms with Gasteiger partial charge in [0.1, 0.15) is 0 Å². The monoisotopic (exact) mass is 430 g/mol. The van der Waals surface area contributed by atoms with E-state index in [1.165, 1.54) is 25.7 Å². The van der Waals surface area contributed by atoms with Gasteiger partial charge in [0.2, 0.25) is 0 Å². The van der Waals surface area contributed by atoms with Crippen LogP contribution in [0.2, 0.25) is 0 Å². The highest BCUT2D eigenvalue weighted by atomic mass is 127. The van der Waals surface area contributed by atoms with E-state index in [0.717, 1.165) is 29.8 Å². The lowest BCUT2D eigenvalue weighted by Crippen LogP contribution is -2.46. The molecular formula is C18H31IN4. The Bertz CT molecular complexity index is 509. The first kappa shape index (κ1) is 20.2. The van der Waals surface area contributed by atoms with Crippen LogP contribution in [0.5, 0.6) is 0 Å². The van der Waals surface area contributed by atoms with Crippen molar-refractivity contribution in [3.8, 4) is 0 Å². The van der Waals surface area contributed by atoms with Crippen LogP contribution >= 0.6 is 24.0 Å². The molecule has 4 nitrogen and oxygen atoms in total. The number of nitrogens with one attached hydrogen (secondary N) is 2. The molecular weight excluding hydrogens is 399 g/mol. The quantitative estimate of drug-likeness (QED) is 0.409. The molecule has 2 rings (SSSR count). The van der Waals surface area contributed by atoms with Gasteiger partial charge in [-0.05, 0) is 49.7 Å². The van der Waals surface area contributed by atoms with Crippen molar-refractivity contribution in [2.45, 2.75) is 53.0 Å². The van der Waals surface area contributed by atoms with Crippen LogP contribution in [0.25, 0.3) is 0 Å². The van der Waals surface area contributed by atoms with E-state index < -0.39 is 0 Å². The number of halogens is 1. The first-order valence-corrected chi connectivity index (χ1v) is 8.40. The molecule has 0 atom stereocenters. The summed E-state index contributed by atoms with van der Waals surface area (Å²) < 4.78 is 0. The summed E-state index contributed by atoms with van der Waals surface area (Å²) in [4.78, 5) is 8.84. The molecule has 1 aromatic rings. The Morgan fingerprint density at radius 1 is 1.30 bits per heavy atom. The standard InChI is InChI=1S/C18H30N4.HI/c1-14(2)11-18(9-6-10-18)13-21-17(19-4)20-12-16-8-5-7-15(3)22-16;/h5,7-8,14H,6,9-13H2,1-4H3,(H2,19,20,21);1H. The first-order valence-electron chi connectivity index (χ1n) is 8.40. The van der Waals surface area contributed by atoms with E-state index in [-0.39, 0.29) is 24.0 Å². The molecule has 1 saturated carbocycles. The van der Waals surface area contributed by atoms with Gasteiger partial charge in [-0.2, -0.15) is 0 Å². The van der Waals surface area contributed by atoms with Crippen LogP contribution in [0.1, 0.15) is 50.9 Å². The van der Waals surface area contributed by atoms with Gasteiger partial charge in [0.15, 0.2) is 5.96 Å². The predicted octanol–water partition coefficient (Wildman–Crippen LogP) is 3.89. The molecule has 1 fully saturated rings. The summed E-state index contributed by atoms with van der Waals surface area (Å²) >= 11 is 0. The minimum absolute atomic E-state index is 0. The summed E-state index contributed by atoms with van der Waals surface area (Å²) in [5.41, 5.74) is 2.57. The van der Waals surface area contributed by atoms with Gasteiger partial charge in [-0.15, -0.1) is 24.0 Å². The van der Waals surface area contributed by atoms with Crippen LogP contribution in [0.15, 0.2) is 23.2 Å². The Kier molecular flexibility index (Phi) is 8.29. The van der Waals surface area contributed by atoms with Gasteiger partial charge in [-0.3, -0.25) is 9.98 Å². The molecule has 23 heavy (non-hydrogen) atoms. The Labute approximate surface area is 158 Å². The fourth-order valence-corrected chi connectivity index (χ4v) is 3.36. The summed E-state index contributed by atoms with van der Waals surface area (Å²) in [7, 11) is 1.83. The number of rotatable bonds is 6. The van der Waals surface area contributed by atoms with Crippen molar-refractivity contribution in [1.29, 1.82) is 0 Å². The van der Waals surface area contributed by atoms with Crippen molar-refractivity contribution >= 4 is 29.9 Å². The maximum Gasteiger partial charge on any atom is 0.191 e. The van der Waals surface area contributed by atoms with Gasteiger partial charge >= 0.3 is 0 Å². The normalized spacial score (nSPS) is 16.5. The molecule has 0 unspecified atom stereocenters. The highest BCUT2D eigenvalue weighted by Crippen LogP contribution is 2.45. The van der Waals surface area contributed by atoms with Gasteiger partial charge < -0.3 is 10.6 Å². The number of aryl methyl sites for hydroxylation is 1. The molecule has 5 heteroatoms. The zero-order valence-corrected chi connectivity index (χ0v) is 17.2. The second-order valence-electron chi connectivity index (χ2n) is 7.00. The Balaban J connectivity index is 0.00000264. The Morgan fingerprint density at radius 3 is 2.57 bits per heavy atom. The molecule has 0 spiro atoms. The van der Waals surface area contributed by atoms with E-state index in [9.17, 15) is 0 Å². The van der Waals surface area contributed by atoms with E-state index in [2.05, 4.69) is 34.5 Å². The third kappa shape index (κ3) is 6.28. The van der Waals surface area contributed by atoms with Gasteiger partial charge in [-0.1, -0.05) is 26.3 Å². The van der Waals surface area contributed by atoms with Crippen molar-refractivity contribution in [3.05, 3.63) is 29.6 Å². The second kappa shape index (κ2) is 9.45. The number of aromatic nitrogens is 1. The van der Waals surface area contributed by atoms with Crippen molar-refractivity contribution in [1.82, 2.24) is 15.6 Å². The van der Waals surface area contributed by atoms with Crippen LogP contribution in [0.3, 0.4) is 0 Å². The van der Waals surface area contributed by atoms with Gasteiger partial charge in [-0.25, -0.2) is 0 Å². The number of hydrogen-bond donors (Lipinski definition) is 2. The van der Waals surface area contributed by atoms with Crippen molar-refractivity contribution < 1.29 is 0 Å². The van der Waals surface area contributed by atoms with Crippen molar-refractivity contribution in [2.24, 2.45) is 16.3 Å². The zero-order chi connectivity index (χ0) is 16.0. The van der Waals surface area contributed by atoms with E-state index in [0.29, 0.717) is 12.0 Å². The second-order valence-corrected chi connectivity index (χ2v) is 7.00. The van der Waals surface area contributed by atoms with Gasteiger partial charge in [0, 0.05) is 19.3 Å². The van der Waals surface area contributed by atoms with E-state index in [4.69, 9.17) is 0 Å². The third-order valence-corrected chi connectivity index (χ3v) is 4.49. The molecule has 1 aromatic heterocycles. The molecule has 0 radical (unpaired) electrons. The SMILES string of the molecule is CN=C(NCc1cccc(C)n1)NCC1(CC(C)C)CCC1.I. The average Bonchev–Trinajstić information content (AvgIpc) is 2.44. The van der Waals surface area contributed by atoms with Crippen LogP contribution in [0.4, 0.5) is 0 Å². The molecule has 0 amide bonds. The van der Waals surface area contributed by atoms with Crippen molar-refractivity contribution in [2.75, 3.05) is 13.6 Å². The van der Waals surface area contributed by atoms with Crippen LogP contribution < -0.4 is 10.6 Å². The number of aliphatic imine (C=N–C) groups is 1. The summed E-state index contributed by atoms with van der Waals surface area (Å²) in [5.74, 6) is 1.63. The lowest BCUT2D eigenvalue weighted by atomic mass is 9.64. The predicted molar refractivity (Wildman–Crippen MR) is 108 cm³/mol. The first-order chi connectivity index (χ1) is 10.5. The third-order valence-electron chi connectivity index (χ3n) is 4.49. The highest BCUT2D eigenvalue weighted by molar-refractivity contribution is 14.0. The van der Waals surface area contributed by atoms with Crippen molar-refractivity contribution in [3.63, 3.8) is 0 Å². The lowest BCUT2D eigenvalue weighted by molar-refractivity contribution is 0.104. The highest BCUT2D eigenvalue weighted by Gasteiger charge is 2.37. The number of nitrogens with zero attached hydrogens (tertiary/aromatic N) is 2. The largest absolute Gasteiger partial charge is 0.356 e.